The number of carbonyl (C=O) groups excluding carboxylic acids is 3. The number of rotatable bonds is 8. The van der Waals surface area contributed by atoms with Crippen molar-refractivity contribution in [1.82, 2.24) is 0 Å². The number of carbonyl (C=O) groups is 3. The first-order valence-electron chi connectivity index (χ1n) is 8.09. The Labute approximate surface area is 160 Å². The molecule has 2 rings (SSSR count). The first kappa shape index (κ1) is 19.7. The third-order valence-corrected chi connectivity index (χ3v) is 3.86. The zero-order chi connectivity index (χ0) is 18.8. The Kier molecular flexibility index (Phi) is 7.82. The van der Waals surface area contributed by atoms with Gasteiger partial charge < -0.3 is 15.4 Å². The molecule has 0 atom stereocenters. The molecule has 0 aliphatic rings. The summed E-state index contributed by atoms with van der Waals surface area (Å²) in [6.07, 6.45) is 0.634. The highest BCUT2D eigenvalue weighted by Crippen LogP contribution is 2.14. The van der Waals surface area contributed by atoms with E-state index in [0.29, 0.717) is 17.8 Å². The van der Waals surface area contributed by atoms with Crippen LogP contribution >= 0.6 is 15.9 Å². The molecule has 2 aromatic rings. The lowest BCUT2D eigenvalue weighted by molar-refractivity contribution is -0.147. The normalized spacial score (nSPS) is 10.0. The van der Waals surface area contributed by atoms with Crippen LogP contribution in [0, 0.1) is 0 Å². The number of halogens is 1. The summed E-state index contributed by atoms with van der Waals surface area (Å²) in [4.78, 5) is 35.1. The third kappa shape index (κ3) is 7.48. The van der Waals surface area contributed by atoms with Crippen LogP contribution in [0.5, 0.6) is 0 Å². The van der Waals surface area contributed by atoms with Crippen LogP contribution in [-0.4, -0.2) is 24.4 Å². The van der Waals surface area contributed by atoms with Gasteiger partial charge in [-0.25, -0.2) is 0 Å². The molecule has 136 valence electrons. The monoisotopic (exact) mass is 418 g/mol. The zero-order valence-electron chi connectivity index (χ0n) is 14.0. The van der Waals surface area contributed by atoms with Crippen molar-refractivity contribution in [3.63, 3.8) is 0 Å². The molecule has 0 bridgehead atoms. The van der Waals surface area contributed by atoms with Crippen LogP contribution in [0.2, 0.25) is 0 Å². The molecule has 0 spiro atoms. The largest absolute Gasteiger partial charge is 0.456 e. The van der Waals surface area contributed by atoms with Crippen LogP contribution in [0.15, 0.2) is 59.1 Å². The van der Waals surface area contributed by atoms with E-state index in [1.54, 1.807) is 36.4 Å². The van der Waals surface area contributed by atoms with E-state index in [1.807, 2.05) is 18.2 Å². The molecule has 2 amide bonds. The minimum atomic E-state index is -0.511. The summed E-state index contributed by atoms with van der Waals surface area (Å²) < 4.78 is 5.81. The van der Waals surface area contributed by atoms with Gasteiger partial charge in [-0.2, -0.15) is 0 Å². The lowest BCUT2D eigenvalue weighted by atomic mass is 10.2. The molecule has 0 saturated heterocycles. The Morgan fingerprint density at radius 2 is 1.42 bits per heavy atom. The van der Waals surface area contributed by atoms with Crippen LogP contribution in [-0.2, 0) is 19.1 Å². The number of anilines is 2. The van der Waals surface area contributed by atoms with E-state index in [1.165, 1.54) is 0 Å². The maximum atomic E-state index is 11.8. The fourth-order valence-electron chi connectivity index (χ4n) is 2.09. The van der Waals surface area contributed by atoms with E-state index in [2.05, 4.69) is 26.6 Å². The molecule has 26 heavy (non-hydrogen) atoms. The van der Waals surface area contributed by atoms with Crippen molar-refractivity contribution in [3.05, 3.63) is 59.1 Å². The first-order chi connectivity index (χ1) is 12.5. The molecule has 0 fully saturated rings. The maximum absolute atomic E-state index is 11.8. The highest BCUT2D eigenvalue weighted by atomic mass is 79.9. The van der Waals surface area contributed by atoms with Crippen molar-refractivity contribution in [2.45, 2.75) is 19.3 Å². The Morgan fingerprint density at radius 3 is 2.12 bits per heavy atom. The van der Waals surface area contributed by atoms with Crippen LogP contribution < -0.4 is 10.6 Å². The predicted molar refractivity (Wildman–Crippen MR) is 103 cm³/mol. The highest BCUT2D eigenvalue weighted by Gasteiger charge is 2.09. The quantitative estimate of drug-likeness (QED) is 0.639. The molecule has 0 aliphatic heterocycles. The van der Waals surface area contributed by atoms with Crippen molar-refractivity contribution in [2.24, 2.45) is 0 Å². The molecular weight excluding hydrogens is 400 g/mol. The summed E-state index contributed by atoms with van der Waals surface area (Å²) in [6, 6.07) is 16.1. The Hall–Kier alpha value is -2.67. The smallest absolute Gasteiger partial charge is 0.306 e. The number of hydrogen-bond acceptors (Lipinski definition) is 4. The van der Waals surface area contributed by atoms with Crippen molar-refractivity contribution in [2.75, 3.05) is 17.2 Å². The second-order valence-electron chi connectivity index (χ2n) is 5.48. The minimum Gasteiger partial charge on any atom is -0.456 e. The van der Waals surface area contributed by atoms with Gasteiger partial charge in [-0.05, 0) is 42.8 Å². The Balaban J connectivity index is 1.60. The average molecular weight is 419 g/mol. The van der Waals surface area contributed by atoms with Gasteiger partial charge in [0.15, 0.2) is 6.61 Å². The lowest BCUT2D eigenvalue weighted by Crippen LogP contribution is -2.21. The van der Waals surface area contributed by atoms with Crippen LogP contribution in [0.3, 0.4) is 0 Å². The van der Waals surface area contributed by atoms with Crippen molar-refractivity contribution in [3.8, 4) is 0 Å². The average Bonchev–Trinajstić information content (AvgIpc) is 2.63. The summed E-state index contributed by atoms with van der Waals surface area (Å²) in [5, 5.41) is 5.36. The fourth-order valence-corrected chi connectivity index (χ4v) is 2.35. The van der Waals surface area contributed by atoms with Gasteiger partial charge in [-0.15, -0.1) is 0 Å². The van der Waals surface area contributed by atoms with Crippen LogP contribution in [0.1, 0.15) is 19.3 Å². The molecule has 2 N–H and O–H groups in total. The molecule has 0 unspecified atom stereocenters. The second kappa shape index (κ2) is 10.4. The van der Waals surface area contributed by atoms with Gasteiger partial charge in [-0.1, -0.05) is 34.1 Å². The molecule has 0 aliphatic carbocycles. The first-order valence-corrected chi connectivity index (χ1v) is 8.88. The van der Waals surface area contributed by atoms with Gasteiger partial charge in [0.05, 0.1) is 0 Å². The summed E-state index contributed by atoms with van der Waals surface area (Å²) in [5.41, 5.74) is 1.33. The van der Waals surface area contributed by atoms with Gasteiger partial charge in [-0.3, -0.25) is 14.4 Å². The minimum absolute atomic E-state index is 0.0772. The standard InChI is InChI=1S/C19H19BrN2O4/c20-14-9-11-16(12-10-14)22-18(24)13-26-19(25)8-4-7-17(23)21-15-5-2-1-3-6-15/h1-3,5-6,9-12H,4,7-8,13H2,(H,21,23)(H,22,24). The summed E-state index contributed by atoms with van der Waals surface area (Å²) in [6.45, 7) is -0.356. The fraction of sp³-hybridized carbons (Fsp3) is 0.211. The van der Waals surface area contributed by atoms with E-state index in [4.69, 9.17) is 4.74 Å². The topological polar surface area (TPSA) is 84.5 Å². The van der Waals surface area contributed by atoms with Crippen molar-refractivity contribution < 1.29 is 19.1 Å². The summed E-state index contributed by atoms with van der Waals surface area (Å²) in [7, 11) is 0. The lowest BCUT2D eigenvalue weighted by Gasteiger charge is -2.07. The SMILES string of the molecule is O=C(CCCC(=O)OCC(=O)Nc1ccc(Br)cc1)Nc1ccccc1. The predicted octanol–water partition coefficient (Wildman–Crippen LogP) is 3.74. The molecule has 0 radical (unpaired) electrons. The van der Waals surface area contributed by atoms with Crippen molar-refractivity contribution >= 4 is 45.1 Å². The number of nitrogens with one attached hydrogen (secondary N) is 2. The van der Waals surface area contributed by atoms with Gasteiger partial charge >= 0.3 is 5.97 Å². The number of ether oxygens (including phenoxy) is 1. The van der Waals surface area contributed by atoms with E-state index >= 15 is 0 Å². The van der Waals surface area contributed by atoms with E-state index in [-0.39, 0.29) is 25.4 Å². The van der Waals surface area contributed by atoms with Crippen LogP contribution in [0.4, 0.5) is 11.4 Å². The Bertz CT molecular complexity index is 748. The molecule has 0 heterocycles. The maximum Gasteiger partial charge on any atom is 0.306 e. The molecule has 6 nitrogen and oxygen atoms in total. The van der Waals surface area contributed by atoms with Gasteiger partial charge in [0.25, 0.3) is 5.91 Å². The van der Waals surface area contributed by atoms with Gasteiger partial charge in [0, 0.05) is 28.7 Å². The van der Waals surface area contributed by atoms with Gasteiger partial charge in [0.2, 0.25) is 5.91 Å². The van der Waals surface area contributed by atoms with E-state index in [0.717, 1.165) is 4.47 Å². The van der Waals surface area contributed by atoms with Crippen molar-refractivity contribution in [1.29, 1.82) is 0 Å². The molecule has 0 saturated carbocycles. The summed E-state index contributed by atoms with van der Waals surface area (Å²) >= 11 is 3.30. The number of para-hydroxylation sites is 1. The van der Waals surface area contributed by atoms with Crippen LogP contribution in [0.25, 0.3) is 0 Å². The summed E-state index contributed by atoms with van der Waals surface area (Å²) in [5.74, 6) is -1.09. The van der Waals surface area contributed by atoms with E-state index in [9.17, 15) is 14.4 Å². The van der Waals surface area contributed by atoms with Gasteiger partial charge in [0.1, 0.15) is 0 Å². The molecule has 0 aromatic heterocycles. The number of amides is 2. The highest BCUT2D eigenvalue weighted by molar-refractivity contribution is 9.10. The molecular formula is C19H19BrN2O4. The number of benzene rings is 2. The molecule has 2 aromatic carbocycles. The second-order valence-corrected chi connectivity index (χ2v) is 6.40. The Morgan fingerprint density at radius 1 is 0.808 bits per heavy atom. The third-order valence-electron chi connectivity index (χ3n) is 3.33. The molecule has 7 heteroatoms. The number of hydrogen-bond donors (Lipinski definition) is 2. The van der Waals surface area contributed by atoms with E-state index < -0.39 is 11.9 Å². The number of esters is 1. The zero-order valence-corrected chi connectivity index (χ0v) is 15.6.